The van der Waals surface area contributed by atoms with E-state index in [-0.39, 0.29) is 11.9 Å². The van der Waals surface area contributed by atoms with Crippen LogP contribution < -0.4 is 10.5 Å². The van der Waals surface area contributed by atoms with Gasteiger partial charge in [-0.05, 0) is 31.0 Å². The number of nitrogens with two attached hydrogens (primary N) is 1. The van der Waals surface area contributed by atoms with Gasteiger partial charge in [0.05, 0.1) is 6.61 Å². The Morgan fingerprint density at radius 2 is 2.12 bits per heavy atom. The van der Waals surface area contributed by atoms with Gasteiger partial charge in [-0.15, -0.1) is 0 Å². The standard InChI is InChI=1S/C13H20FNO/c1-3-4-5-8-16-13-7-6-11(10(2)15)9-12(13)14/h6-7,9-10H,3-5,8,15H2,1-2H3/t10-/m0/s1. The van der Waals surface area contributed by atoms with Crippen molar-refractivity contribution in [2.45, 2.75) is 39.2 Å². The minimum Gasteiger partial charge on any atom is -0.491 e. The van der Waals surface area contributed by atoms with Crippen LogP contribution in [-0.4, -0.2) is 6.61 Å². The maximum Gasteiger partial charge on any atom is 0.165 e. The van der Waals surface area contributed by atoms with Crippen LogP contribution in [0.3, 0.4) is 0 Å². The first-order valence-corrected chi connectivity index (χ1v) is 5.83. The maximum absolute atomic E-state index is 13.5. The highest BCUT2D eigenvalue weighted by atomic mass is 19.1. The summed E-state index contributed by atoms with van der Waals surface area (Å²) < 4.78 is 18.9. The van der Waals surface area contributed by atoms with Crippen LogP contribution in [0, 0.1) is 5.82 Å². The van der Waals surface area contributed by atoms with Crippen molar-refractivity contribution in [1.29, 1.82) is 0 Å². The molecule has 0 aliphatic heterocycles. The summed E-state index contributed by atoms with van der Waals surface area (Å²) in [5.74, 6) is -0.00759. The number of hydrogen-bond acceptors (Lipinski definition) is 2. The summed E-state index contributed by atoms with van der Waals surface area (Å²) in [6, 6.07) is 4.76. The van der Waals surface area contributed by atoms with Crippen LogP contribution in [0.25, 0.3) is 0 Å². The molecular formula is C13H20FNO. The largest absolute Gasteiger partial charge is 0.491 e. The zero-order chi connectivity index (χ0) is 12.0. The fourth-order valence-corrected chi connectivity index (χ4v) is 1.45. The molecule has 90 valence electrons. The SMILES string of the molecule is CCCCCOc1ccc([C@H](C)N)cc1F. The van der Waals surface area contributed by atoms with Gasteiger partial charge in [0.25, 0.3) is 0 Å². The summed E-state index contributed by atoms with van der Waals surface area (Å²) >= 11 is 0. The zero-order valence-electron chi connectivity index (χ0n) is 10.0. The van der Waals surface area contributed by atoms with Gasteiger partial charge < -0.3 is 10.5 Å². The molecule has 0 saturated heterocycles. The van der Waals surface area contributed by atoms with Crippen molar-refractivity contribution in [2.75, 3.05) is 6.61 Å². The minimum atomic E-state index is -0.328. The molecule has 0 aliphatic rings. The molecule has 0 unspecified atom stereocenters. The van der Waals surface area contributed by atoms with Crippen LogP contribution in [0.2, 0.25) is 0 Å². The Morgan fingerprint density at radius 3 is 2.69 bits per heavy atom. The molecule has 0 radical (unpaired) electrons. The lowest BCUT2D eigenvalue weighted by Gasteiger charge is -2.10. The van der Waals surface area contributed by atoms with Crippen LogP contribution in [0.15, 0.2) is 18.2 Å². The van der Waals surface area contributed by atoms with Crippen molar-refractivity contribution in [3.8, 4) is 5.75 Å². The number of benzene rings is 1. The smallest absolute Gasteiger partial charge is 0.165 e. The first-order chi connectivity index (χ1) is 7.65. The van der Waals surface area contributed by atoms with Gasteiger partial charge in [0, 0.05) is 6.04 Å². The van der Waals surface area contributed by atoms with Crippen LogP contribution in [0.4, 0.5) is 4.39 Å². The molecule has 3 heteroatoms. The van der Waals surface area contributed by atoms with Crippen molar-refractivity contribution in [1.82, 2.24) is 0 Å². The molecule has 0 aliphatic carbocycles. The van der Waals surface area contributed by atoms with E-state index in [0.29, 0.717) is 12.4 Å². The monoisotopic (exact) mass is 225 g/mol. The lowest BCUT2D eigenvalue weighted by atomic mass is 10.1. The number of ether oxygens (including phenoxy) is 1. The number of unbranched alkanes of at least 4 members (excludes halogenated alkanes) is 2. The highest BCUT2D eigenvalue weighted by Gasteiger charge is 2.06. The average Bonchev–Trinajstić information content (AvgIpc) is 2.26. The Hall–Kier alpha value is -1.09. The Labute approximate surface area is 96.6 Å². The summed E-state index contributed by atoms with van der Waals surface area (Å²) in [7, 11) is 0. The first kappa shape index (κ1) is 13.0. The number of halogens is 1. The second-order valence-corrected chi connectivity index (χ2v) is 4.03. The lowest BCUT2D eigenvalue weighted by Crippen LogP contribution is -2.06. The van der Waals surface area contributed by atoms with Gasteiger partial charge in [0.1, 0.15) is 0 Å². The van der Waals surface area contributed by atoms with Crippen molar-refractivity contribution >= 4 is 0 Å². The highest BCUT2D eigenvalue weighted by Crippen LogP contribution is 2.21. The van der Waals surface area contributed by atoms with E-state index in [9.17, 15) is 4.39 Å². The molecule has 0 saturated carbocycles. The van der Waals surface area contributed by atoms with Crippen LogP contribution in [0.1, 0.15) is 44.7 Å². The molecule has 0 fully saturated rings. The average molecular weight is 225 g/mol. The summed E-state index contributed by atoms with van der Waals surface area (Å²) in [5.41, 5.74) is 6.46. The third-order valence-electron chi connectivity index (χ3n) is 2.49. The molecular weight excluding hydrogens is 205 g/mol. The molecule has 16 heavy (non-hydrogen) atoms. The maximum atomic E-state index is 13.5. The van der Waals surface area contributed by atoms with E-state index >= 15 is 0 Å². The molecule has 1 aromatic rings. The van der Waals surface area contributed by atoms with Gasteiger partial charge in [0.15, 0.2) is 11.6 Å². The topological polar surface area (TPSA) is 35.2 Å². The fourth-order valence-electron chi connectivity index (χ4n) is 1.45. The summed E-state index contributed by atoms with van der Waals surface area (Å²) in [6.45, 7) is 4.52. The lowest BCUT2D eigenvalue weighted by molar-refractivity contribution is 0.291. The molecule has 0 amide bonds. The fraction of sp³-hybridized carbons (Fsp3) is 0.538. The zero-order valence-corrected chi connectivity index (χ0v) is 10.0. The predicted octanol–water partition coefficient (Wildman–Crippen LogP) is 3.41. The van der Waals surface area contributed by atoms with E-state index in [4.69, 9.17) is 10.5 Å². The van der Waals surface area contributed by atoms with E-state index in [0.717, 1.165) is 24.8 Å². The van der Waals surface area contributed by atoms with E-state index in [1.807, 2.05) is 13.0 Å². The van der Waals surface area contributed by atoms with Crippen molar-refractivity contribution < 1.29 is 9.13 Å². The molecule has 1 rings (SSSR count). The second-order valence-electron chi connectivity index (χ2n) is 4.03. The Bertz CT molecular complexity index is 326. The molecule has 0 heterocycles. The number of hydrogen-bond donors (Lipinski definition) is 1. The molecule has 2 nitrogen and oxygen atoms in total. The van der Waals surface area contributed by atoms with Crippen LogP contribution in [0.5, 0.6) is 5.75 Å². The molecule has 0 aromatic heterocycles. The molecule has 2 N–H and O–H groups in total. The van der Waals surface area contributed by atoms with E-state index in [1.165, 1.54) is 6.07 Å². The second kappa shape index (κ2) is 6.48. The van der Waals surface area contributed by atoms with Gasteiger partial charge in [-0.3, -0.25) is 0 Å². The van der Waals surface area contributed by atoms with Gasteiger partial charge in [-0.2, -0.15) is 0 Å². The molecule has 0 spiro atoms. The van der Waals surface area contributed by atoms with E-state index in [2.05, 4.69) is 6.92 Å². The van der Waals surface area contributed by atoms with Gasteiger partial charge >= 0.3 is 0 Å². The van der Waals surface area contributed by atoms with Gasteiger partial charge in [0.2, 0.25) is 0 Å². The van der Waals surface area contributed by atoms with Crippen LogP contribution in [-0.2, 0) is 0 Å². The quantitative estimate of drug-likeness (QED) is 0.753. The van der Waals surface area contributed by atoms with Crippen LogP contribution >= 0.6 is 0 Å². The predicted molar refractivity (Wildman–Crippen MR) is 64.0 cm³/mol. The first-order valence-electron chi connectivity index (χ1n) is 5.83. The Kier molecular flexibility index (Phi) is 5.26. The van der Waals surface area contributed by atoms with Crippen molar-refractivity contribution in [2.24, 2.45) is 5.73 Å². The van der Waals surface area contributed by atoms with Crippen molar-refractivity contribution in [3.63, 3.8) is 0 Å². The summed E-state index contributed by atoms with van der Waals surface area (Å²) in [4.78, 5) is 0. The summed E-state index contributed by atoms with van der Waals surface area (Å²) in [5, 5.41) is 0. The molecule has 1 aromatic carbocycles. The third kappa shape index (κ3) is 3.81. The Morgan fingerprint density at radius 1 is 1.38 bits per heavy atom. The van der Waals surface area contributed by atoms with Gasteiger partial charge in [-0.25, -0.2) is 4.39 Å². The normalized spacial score (nSPS) is 12.5. The summed E-state index contributed by atoms with van der Waals surface area (Å²) in [6.07, 6.45) is 3.21. The van der Waals surface area contributed by atoms with E-state index < -0.39 is 0 Å². The molecule has 0 bridgehead atoms. The van der Waals surface area contributed by atoms with Crippen molar-refractivity contribution in [3.05, 3.63) is 29.6 Å². The number of rotatable bonds is 6. The molecule has 1 atom stereocenters. The van der Waals surface area contributed by atoms with E-state index in [1.54, 1.807) is 6.07 Å². The van der Waals surface area contributed by atoms with Gasteiger partial charge in [-0.1, -0.05) is 25.8 Å². The Balaban J connectivity index is 2.54. The third-order valence-corrected chi connectivity index (χ3v) is 2.49. The minimum absolute atomic E-state index is 0.149. The highest BCUT2D eigenvalue weighted by molar-refractivity contribution is 5.30.